The van der Waals surface area contributed by atoms with Crippen LogP contribution in [0.1, 0.15) is 32.3 Å². The fourth-order valence-corrected chi connectivity index (χ4v) is 3.09. The van der Waals surface area contributed by atoms with E-state index in [-0.39, 0.29) is 11.7 Å². The number of nitrogens with zero attached hydrogens (tertiary/aromatic N) is 2. The van der Waals surface area contributed by atoms with E-state index in [9.17, 15) is 14.0 Å². The van der Waals surface area contributed by atoms with Gasteiger partial charge in [-0.15, -0.1) is 0 Å². The molecule has 1 aromatic rings. The first kappa shape index (κ1) is 24.6. The van der Waals surface area contributed by atoms with Crippen LogP contribution in [0.25, 0.3) is 6.08 Å². The zero-order valence-electron chi connectivity index (χ0n) is 17.1. The molecule has 0 aliphatic carbocycles. The zero-order chi connectivity index (χ0) is 21.6. The number of amides is 2. The molecule has 1 aliphatic rings. The fourth-order valence-electron chi connectivity index (χ4n) is 2.26. The number of aliphatic imine (C=N–C) groups is 1. The number of benzene rings is 1. The molecule has 0 atom stereocenters. The summed E-state index contributed by atoms with van der Waals surface area (Å²) in [5.41, 5.74) is 6.06. The van der Waals surface area contributed by atoms with Crippen molar-refractivity contribution in [2.24, 2.45) is 10.7 Å². The third kappa shape index (κ3) is 8.66. The van der Waals surface area contributed by atoms with Gasteiger partial charge in [0.2, 0.25) is 6.41 Å². The molecule has 0 bridgehead atoms. The number of unbranched alkanes of at least 4 members (excludes halogenated alkanes) is 1. The van der Waals surface area contributed by atoms with Crippen LogP contribution in [0, 0.1) is 5.82 Å². The minimum absolute atomic E-state index is 0.214. The highest BCUT2D eigenvalue weighted by Crippen LogP contribution is 2.29. The normalized spacial score (nSPS) is 15.7. The van der Waals surface area contributed by atoms with E-state index in [1.165, 1.54) is 31.0 Å². The molecule has 29 heavy (non-hydrogen) atoms. The molecule has 1 aliphatic heterocycles. The molecule has 2 rings (SSSR count). The maximum Gasteiger partial charge on any atom is 0.264 e. The third-order valence-electron chi connectivity index (χ3n) is 3.96. The predicted molar refractivity (Wildman–Crippen MR) is 116 cm³/mol. The third-order valence-corrected chi connectivity index (χ3v) is 4.91. The van der Waals surface area contributed by atoms with E-state index in [4.69, 9.17) is 10.5 Å². The molecule has 0 radical (unpaired) electrons. The average Bonchev–Trinajstić information content (AvgIpc) is 3.07. The van der Waals surface area contributed by atoms with Gasteiger partial charge in [0, 0.05) is 31.3 Å². The van der Waals surface area contributed by atoms with Crippen LogP contribution in [0.4, 0.5) is 4.39 Å². The van der Waals surface area contributed by atoms with Crippen molar-refractivity contribution < 1.29 is 18.7 Å². The van der Waals surface area contributed by atoms with Crippen LogP contribution in [-0.4, -0.2) is 55.7 Å². The lowest BCUT2D eigenvalue weighted by Gasteiger charge is -2.08. The highest BCUT2D eigenvalue weighted by atomic mass is 32.2. The van der Waals surface area contributed by atoms with Crippen LogP contribution in [0.5, 0.6) is 5.75 Å². The number of ether oxygens (including phenoxy) is 1. The molecular formula is C20H29FN4O3S. The van der Waals surface area contributed by atoms with Crippen LogP contribution in [-0.2, 0) is 9.59 Å². The van der Waals surface area contributed by atoms with Gasteiger partial charge in [-0.1, -0.05) is 0 Å². The van der Waals surface area contributed by atoms with Gasteiger partial charge in [-0.05, 0) is 63.2 Å². The Hall–Kier alpha value is -2.39. The number of amidine groups is 1. The van der Waals surface area contributed by atoms with Crippen molar-refractivity contribution in [3.63, 3.8) is 0 Å². The Labute approximate surface area is 175 Å². The van der Waals surface area contributed by atoms with Crippen molar-refractivity contribution in [1.29, 1.82) is 0 Å². The molecule has 0 saturated carbocycles. The summed E-state index contributed by atoms with van der Waals surface area (Å²) >= 11 is 1.26. The van der Waals surface area contributed by atoms with Gasteiger partial charge in [0.15, 0.2) is 5.17 Å². The Balaban J connectivity index is 0.000000516. The van der Waals surface area contributed by atoms with Gasteiger partial charge in [-0.2, -0.15) is 0 Å². The second-order valence-corrected chi connectivity index (χ2v) is 6.99. The Morgan fingerprint density at radius 2 is 2.03 bits per heavy atom. The maximum absolute atomic E-state index is 13.2. The number of carbonyl (C=O) groups excluding carboxylic acids is 2. The van der Waals surface area contributed by atoms with Crippen molar-refractivity contribution in [2.45, 2.75) is 26.7 Å². The Morgan fingerprint density at radius 3 is 2.59 bits per heavy atom. The van der Waals surface area contributed by atoms with Gasteiger partial charge in [0.1, 0.15) is 11.6 Å². The number of halogens is 1. The Morgan fingerprint density at radius 1 is 1.31 bits per heavy atom. The molecule has 160 valence electrons. The highest BCUT2D eigenvalue weighted by Gasteiger charge is 2.23. The number of hydrogen-bond donors (Lipinski definition) is 2. The van der Waals surface area contributed by atoms with Gasteiger partial charge in [0.25, 0.3) is 5.91 Å². The van der Waals surface area contributed by atoms with E-state index in [0.29, 0.717) is 34.5 Å². The number of carbonyl (C=O) groups is 2. The van der Waals surface area contributed by atoms with Gasteiger partial charge in [-0.25, -0.2) is 4.39 Å². The van der Waals surface area contributed by atoms with E-state index >= 15 is 0 Å². The number of nitrogens with two attached hydrogens (primary N) is 1. The second kappa shape index (κ2) is 13.7. The molecule has 7 nitrogen and oxygen atoms in total. The molecule has 3 N–H and O–H groups in total. The standard InChI is InChI=1S/C15H18FN3O2S.C5H11NO/c1-21-12-9-11(16)5-4-10(12)8-13-14(20)19-15(22-13)18-7-3-2-6-17;1-3-6(4-2)5-7/h4-5,8-9H,2-3,6-7,17H2,1H3,(H,18,19,20);5H,3-4H2,1-2H3/b13-8+;. The van der Waals surface area contributed by atoms with Gasteiger partial charge >= 0.3 is 0 Å². The molecule has 1 saturated heterocycles. The summed E-state index contributed by atoms with van der Waals surface area (Å²) in [6, 6.07) is 4.19. The molecule has 0 spiro atoms. The highest BCUT2D eigenvalue weighted by molar-refractivity contribution is 8.18. The van der Waals surface area contributed by atoms with Crippen LogP contribution in [0.3, 0.4) is 0 Å². The van der Waals surface area contributed by atoms with Crippen LogP contribution < -0.4 is 15.8 Å². The first-order valence-electron chi connectivity index (χ1n) is 9.47. The van der Waals surface area contributed by atoms with E-state index in [1.807, 2.05) is 13.8 Å². The SMILES string of the molecule is CCN(C=O)CC.COc1cc(F)ccc1/C=C1/SC(=NCCCCN)NC1=O. The molecule has 0 aromatic heterocycles. The van der Waals surface area contributed by atoms with E-state index in [1.54, 1.807) is 17.0 Å². The monoisotopic (exact) mass is 424 g/mol. The van der Waals surface area contributed by atoms with Gasteiger partial charge in [0.05, 0.1) is 12.0 Å². The minimum Gasteiger partial charge on any atom is -0.496 e. The number of nitrogens with one attached hydrogen (secondary N) is 1. The predicted octanol–water partition coefficient (Wildman–Crippen LogP) is 2.62. The lowest BCUT2D eigenvalue weighted by molar-refractivity contribution is -0.118. The second-order valence-electron chi connectivity index (χ2n) is 5.96. The van der Waals surface area contributed by atoms with Crippen molar-refractivity contribution in [2.75, 3.05) is 33.3 Å². The Bertz CT molecular complexity index is 736. The first-order chi connectivity index (χ1) is 14.0. The van der Waals surface area contributed by atoms with Crippen LogP contribution in [0.2, 0.25) is 0 Å². The van der Waals surface area contributed by atoms with Crippen LogP contribution in [0.15, 0.2) is 28.1 Å². The van der Waals surface area contributed by atoms with E-state index < -0.39 is 0 Å². The summed E-state index contributed by atoms with van der Waals surface area (Å²) in [7, 11) is 1.46. The smallest absolute Gasteiger partial charge is 0.264 e. The summed E-state index contributed by atoms with van der Waals surface area (Å²) in [6.07, 6.45) is 4.33. The van der Waals surface area contributed by atoms with Crippen molar-refractivity contribution >= 4 is 35.3 Å². The minimum atomic E-state index is -0.385. The van der Waals surface area contributed by atoms with Crippen molar-refractivity contribution in [1.82, 2.24) is 10.2 Å². The van der Waals surface area contributed by atoms with E-state index in [2.05, 4.69) is 10.3 Å². The molecular weight excluding hydrogens is 395 g/mol. The maximum atomic E-state index is 13.2. The first-order valence-corrected chi connectivity index (χ1v) is 10.3. The fraction of sp³-hybridized carbons (Fsp3) is 0.450. The lowest BCUT2D eigenvalue weighted by atomic mass is 10.2. The topological polar surface area (TPSA) is 97.0 Å². The molecule has 1 fully saturated rings. The Kier molecular flexibility index (Phi) is 11.7. The van der Waals surface area contributed by atoms with Gasteiger partial charge < -0.3 is 20.7 Å². The average molecular weight is 425 g/mol. The van der Waals surface area contributed by atoms with E-state index in [0.717, 1.165) is 32.3 Å². The molecule has 0 unspecified atom stereocenters. The number of methoxy groups -OCH3 is 1. The summed E-state index contributed by atoms with van der Waals surface area (Å²) in [4.78, 5) is 28.3. The number of hydrogen-bond acceptors (Lipinski definition) is 6. The quantitative estimate of drug-likeness (QED) is 0.361. The number of thioether (sulfide) groups is 1. The summed E-state index contributed by atoms with van der Waals surface area (Å²) in [5, 5.41) is 3.29. The summed E-state index contributed by atoms with van der Waals surface area (Å²) in [5.74, 6) is -0.215. The molecule has 1 heterocycles. The molecule has 1 aromatic carbocycles. The summed E-state index contributed by atoms with van der Waals surface area (Å²) in [6.45, 7) is 6.82. The molecule has 9 heteroatoms. The zero-order valence-corrected chi connectivity index (χ0v) is 17.9. The van der Waals surface area contributed by atoms with Crippen molar-refractivity contribution in [3.8, 4) is 5.75 Å². The number of rotatable bonds is 9. The largest absolute Gasteiger partial charge is 0.496 e. The summed E-state index contributed by atoms with van der Waals surface area (Å²) < 4.78 is 18.3. The van der Waals surface area contributed by atoms with Crippen molar-refractivity contribution in [3.05, 3.63) is 34.5 Å². The lowest BCUT2D eigenvalue weighted by Crippen LogP contribution is -2.20. The van der Waals surface area contributed by atoms with Gasteiger partial charge in [-0.3, -0.25) is 14.6 Å². The molecule has 2 amide bonds. The van der Waals surface area contributed by atoms with Crippen LogP contribution >= 0.6 is 11.8 Å².